The molecule has 0 bridgehead atoms. The summed E-state index contributed by atoms with van der Waals surface area (Å²) in [6.07, 6.45) is 1.69. The number of halogens is 1. The van der Waals surface area contributed by atoms with Crippen molar-refractivity contribution in [3.05, 3.63) is 17.0 Å². The minimum atomic E-state index is -3.38. The Morgan fingerprint density at radius 3 is 2.52 bits per heavy atom. The lowest BCUT2D eigenvalue weighted by molar-refractivity contribution is 0.361. The molecule has 1 aromatic heterocycles. The predicted molar refractivity (Wildman–Crippen MR) is 91.1 cm³/mol. The highest BCUT2D eigenvalue weighted by atomic mass is 35.5. The molecular weight excluding hydrogens is 328 g/mol. The maximum Gasteiger partial charge on any atom is 0.250 e. The summed E-state index contributed by atoms with van der Waals surface area (Å²) in [5.41, 5.74) is -0.0122. The van der Waals surface area contributed by atoms with Crippen molar-refractivity contribution >= 4 is 33.8 Å². The fraction of sp³-hybridized carbons (Fsp3) is 0.714. The number of hydrogen-bond donors (Lipinski definition) is 2. The SMILES string of the molecule is CC1CC(NS(=O)(=O)c2ccc(C(C)(C)C)s2)CCN1.Cl. The van der Waals surface area contributed by atoms with E-state index in [0.717, 1.165) is 24.3 Å². The topological polar surface area (TPSA) is 58.2 Å². The van der Waals surface area contributed by atoms with Gasteiger partial charge in [0.25, 0.3) is 0 Å². The van der Waals surface area contributed by atoms with Gasteiger partial charge in [0.15, 0.2) is 0 Å². The molecule has 1 aliphatic rings. The Morgan fingerprint density at radius 2 is 2.00 bits per heavy atom. The molecule has 0 spiro atoms. The van der Waals surface area contributed by atoms with Crippen molar-refractivity contribution in [3.63, 3.8) is 0 Å². The molecule has 1 fully saturated rings. The molecule has 0 amide bonds. The van der Waals surface area contributed by atoms with Gasteiger partial charge in [-0.25, -0.2) is 13.1 Å². The second-order valence-electron chi connectivity index (χ2n) is 6.57. The van der Waals surface area contributed by atoms with Crippen molar-refractivity contribution in [1.29, 1.82) is 0 Å². The summed E-state index contributed by atoms with van der Waals surface area (Å²) < 4.78 is 28.1. The predicted octanol–water partition coefficient (Wildman–Crippen LogP) is 2.89. The third-order valence-electron chi connectivity index (χ3n) is 3.53. The van der Waals surface area contributed by atoms with Gasteiger partial charge in [-0.15, -0.1) is 23.7 Å². The lowest BCUT2D eigenvalue weighted by atomic mass is 9.95. The average Bonchev–Trinajstić information content (AvgIpc) is 2.77. The number of sulfonamides is 1. The van der Waals surface area contributed by atoms with Gasteiger partial charge < -0.3 is 5.32 Å². The summed E-state index contributed by atoms with van der Waals surface area (Å²) in [6, 6.07) is 4.05. The lowest BCUT2D eigenvalue weighted by Crippen LogP contribution is -2.46. The molecule has 7 heteroatoms. The number of nitrogens with one attached hydrogen (secondary N) is 2. The second-order valence-corrected chi connectivity index (χ2v) is 9.59. The first-order chi connectivity index (χ1) is 9.18. The quantitative estimate of drug-likeness (QED) is 0.879. The average molecular weight is 353 g/mol. The van der Waals surface area contributed by atoms with Gasteiger partial charge >= 0.3 is 0 Å². The first kappa shape index (κ1) is 18.9. The van der Waals surface area contributed by atoms with E-state index in [2.05, 4.69) is 37.7 Å². The van der Waals surface area contributed by atoms with E-state index in [4.69, 9.17) is 0 Å². The highest BCUT2D eigenvalue weighted by molar-refractivity contribution is 7.91. The standard InChI is InChI=1S/C14H24N2O2S2.ClH/c1-10-9-11(7-8-15-10)16-20(17,18)13-6-5-12(19-13)14(2,3)4;/h5-6,10-11,15-16H,7-9H2,1-4H3;1H. The molecule has 21 heavy (non-hydrogen) atoms. The molecule has 0 radical (unpaired) electrons. The highest BCUT2D eigenvalue weighted by Crippen LogP contribution is 2.31. The summed E-state index contributed by atoms with van der Waals surface area (Å²) in [4.78, 5) is 1.09. The second kappa shape index (κ2) is 6.96. The van der Waals surface area contributed by atoms with Gasteiger partial charge in [0, 0.05) is 17.0 Å². The van der Waals surface area contributed by atoms with E-state index in [-0.39, 0.29) is 23.9 Å². The molecule has 2 heterocycles. The zero-order chi connectivity index (χ0) is 15.0. The Morgan fingerprint density at radius 1 is 1.33 bits per heavy atom. The number of piperidine rings is 1. The van der Waals surface area contributed by atoms with E-state index < -0.39 is 10.0 Å². The minimum Gasteiger partial charge on any atom is -0.314 e. The van der Waals surface area contributed by atoms with Crippen LogP contribution in [0.4, 0.5) is 0 Å². The zero-order valence-electron chi connectivity index (χ0n) is 13.0. The van der Waals surface area contributed by atoms with Crippen LogP contribution in [-0.4, -0.2) is 27.0 Å². The summed E-state index contributed by atoms with van der Waals surface area (Å²) in [5.74, 6) is 0. The molecular formula is C14H25ClN2O2S2. The minimum absolute atomic E-state index is 0. The lowest BCUT2D eigenvalue weighted by Gasteiger charge is -2.28. The number of hydrogen-bond acceptors (Lipinski definition) is 4. The summed E-state index contributed by atoms with van der Waals surface area (Å²) in [6.45, 7) is 9.24. The third-order valence-corrected chi connectivity index (χ3v) is 7.05. The van der Waals surface area contributed by atoms with Gasteiger partial charge in [-0.05, 0) is 43.9 Å². The van der Waals surface area contributed by atoms with Crippen molar-refractivity contribution in [2.24, 2.45) is 0 Å². The zero-order valence-corrected chi connectivity index (χ0v) is 15.4. The number of thiophene rings is 1. The van der Waals surface area contributed by atoms with Crippen LogP contribution in [0, 0.1) is 0 Å². The maximum absolute atomic E-state index is 12.4. The molecule has 4 nitrogen and oxygen atoms in total. The largest absolute Gasteiger partial charge is 0.314 e. The van der Waals surface area contributed by atoms with Crippen LogP contribution in [0.25, 0.3) is 0 Å². The monoisotopic (exact) mass is 352 g/mol. The molecule has 1 aliphatic heterocycles. The van der Waals surface area contributed by atoms with Crippen LogP contribution in [0.1, 0.15) is 45.4 Å². The Kier molecular flexibility index (Phi) is 6.27. The van der Waals surface area contributed by atoms with E-state index >= 15 is 0 Å². The summed E-state index contributed by atoms with van der Waals surface area (Å²) in [5, 5.41) is 3.33. The molecule has 0 aliphatic carbocycles. The van der Waals surface area contributed by atoms with Crippen LogP contribution in [0.2, 0.25) is 0 Å². The van der Waals surface area contributed by atoms with Crippen LogP contribution in [0.3, 0.4) is 0 Å². The van der Waals surface area contributed by atoms with Gasteiger partial charge in [0.1, 0.15) is 4.21 Å². The molecule has 0 saturated carbocycles. The highest BCUT2D eigenvalue weighted by Gasteiger charge is 2.26. The van der Waals surface area contributed by atoms with Gasteiger partial charge in [-0.1, -0.05) is 20.8 Å². The molecule has 2 rings (SSSR count). The normalized spacial score (nSPS) is 23.6. The smallest absolute Gasteiger partial charge is 0.250 e. The summed E-state index contributed by atoms with van der Waals surface area (Å²) >= 11 is 1.37. The van der Waals surface area contributed by atoms with Gasteiger partial charge in [0.2, 0.25) is 10.0 Å². The van der Waals surface area contributed by atoms with E-state index in [1.165, 1.54) is 11.3 Å². The van der Waals surface area contributed by atoms with Gasteiger partial charge in [-0.2, -0.15) is 0 Å². The first-order valence-corrected chi connectivity index (χ1v) is 9.34. The van der Waals surface area contributed by atoms with E-state index in [9.17, 15) is 8.42 Å². The fourth-order valence-electron chi connectivity index (χ4n) is 2.38. The van der Waals surface area contributed by atoms with Gasteiger partial charge in [-0.3, -0.25) is 0 Å². The Balaban J connectivity index is 0.00000220. The molecule has 0 aromatic carbocycles. The Labute approximate surface area is 138 Å². The molecule has 122 valence electrons. The third kappa shape index (κ3) is 4.93. The van der Waals surface area contributed by atoms with E-state index in [1.54, 1.807) is 6.07 Å². The van der Waals surface area contributed by atoms with Crippen LogP contribution in [0.5, 0.6) is 0 Å². The van der Waals surface area contributed by atoms with E-state index in [1.807, 2.05) is 6.07 Å². The Bertz CT molecular complexity index is 564. The van der Waals surface area contributed by atoms with Crippen LogP contribution in [-0.2, 0) is 15.4 Å². The number of rotatable bonds is 3. The van der Waals surface area contributed by atoms with E-state index in [0.29, 0.717) is 10.3 Å². The van der Waals surface area contributed by atoms with Crippen LogP contribution < -0.4 is 10.0 Å². The first-order valence-electron chi connectivity index (χ1n) is 7.04. The van der Waals surface area contributed by atoms with Crippen molar-refractivity contribution in [3.8, 4) is 0 Å². The van der Waals surface area contributed by atoms with Crippen molar-refractivity contribution in [1.82, 2.24) is 10.0 Å². The molecule has 1 saturated heterocycles. The summed E-state index contributed by atoms with van der Waals surface area (Å²) in [7, 11) is -3.38. The van der Waals surface area contributed by atoms with Crippen molar-refractivity contribution in [2.45, 2.75) is 62.2 Å². The molecule has 2 atom stereocenters. The van der Waals surface area contributed by atoms with Crippen LogP contribution >= 0.6 is 23.7 Å². The maximum atomic E-state index is 12.4. The molecule has 2 N–H and O–H groups in total. The fourth-order valence-corrected chi connectivity index (χ4v) is 5.05. The van der Waals surface area contributed by atoms with Crippen molar-refractivity contribution < 1.29 is 8.42 Å². The Hall–Kier alpha value is -0.140. The van der Waals surface area contributed by atoms with Gasteiger partial charge in [0.05, 0.1) is 0 Å². The molecule has 2 unspecified atom stereocenters. The van der Waals surface area contributed by atoms with Crippen LogP contribution in [0.15, 0.2) is 16.3 Å². The molecule has 1 aromatic rings. The van der Waals surface area contributed by atoms with Crippen molar-refractivity contribution in [2.75, 3.05) is 6.54 Å².